The Hall–Kier alpha value is -1.69. The number of hydrogen-bond donors (Lipinski definition) is 0. The summed E-state index contributed by atoms with van der Waals surface area (Å²) in [5.41, 5.74) is 1.24. The second-order valence-corrected chi connectivity index (χ2v) is 5.99. The summed E-state index contributed by atoms with van der Waals surface area (Å²) in [6, 6.07) is 0. The molecule has 114 valence electrons. The van der Waals surface area contributed by atoms with Crippen LogP contribution in [0.3, 0.4) is 0 Å². The standard InChI is InChI=1S/C15H22N4O2/c1-11(13-3-4-13)9-15(20)19-7-5-18(6-8-19)10-14-16-12(2)21-17-14/h9,13H,3-8,10H2,1-2H3. The third-order valence-corrected chi connectivity index (χ3v) is 4.19. The molecule has 1 saturated heterocycles. The van der Waals surface area contributed by atoms with E-state index in [4.69, 9.17) is 4.52 Å². The van der Waals surface area contributed by atoms with Crippen LogP contribution in [-0.2, 0) is 11.3 Å². The topological polar surface area (TPSA) is 62.5 Å². The summed E-state index contributed by atoms with van der Waals surface area (Å²) in [6.45, 7) is 7.81. The highest BCUT2D eigenvalue weighted by atomic mass is 16.5. The number of rotatable bonds is 4. The number of allylic oxidation sites excluding steroid dienone is 1. The first kappa shape index (κ1) is 14.3. The van der Waals surface area contributed by atoms with Gasteiger partial charge in [0.25, 0.3) is 0 Å². The highest BCUT2D eigenvalue weighted by Crippen LogP contribution is 2.35. The molecule has 0 aromatic carbocycles. The quantitative estimate of drug-likeness (QED) is 0.784. The number of aromatic nitrogens is 2. The Morgan fingerprint density at radius 3 is 2.62 bits per heavy atom. The van der Waals surface area contributed by atoms with Gasteiger partial charge in [-0.1, -0.05) is 10.7 Å². The van der Waals surface area contributed by atoms with Crippen LogP contribution >= 0.6 is 0 Å². The fourth-order valence-corrected chi connectivity index (χ4v) is 2.67. The van der Waals surface area contributed by atoms with E-state index in [1.165, 1.54) is 18.4 Å². The van der Waals surface area contributed by atoms with Crippen molar-refractivity contribution >= 4 is 5.91 Å². The second kappa shape index (κ2) is 5.97. The number of amides is 1. The zero-order valence-electron chi connectivity index (χ0n) is 12.7. The molecule has 0 unspecified atom stereocenters. The molecule has 1 aromatic rings. The molecule has 0 N–H and O–H groups in total. The summed E-state index contributed by atoms with van der Waals surface area (Å²) < 4.78 is 4.98. The predicted molar refractivity (Wildman–Crippen MR) is 77.4 cm³/mol. The number of nitrogens with zero attached hydrogens (tertiary/aromatic N) is 4. The van der Waals surface area contributed by atoms with E-state index in [-0.39, 0.29) is 5.91 Å². The lowest BCUT2D eigenvalue weighted by molar-refractivity contribution is -0.127. The lowest BCUT2D eigenvalue weighted by atomic mass is 10.1. The average Bonchev–Trinajstić information content (AvgIpc) is 3.24. The van der Waals surface area contributed by atoms with Gasteiger partial charge in [0.1, 0.15) is 0 Å². The number of carbonyl (C=O) groups is 1. The Kier molecular flexibility index (Phi) is 4.05. The molecule has 1 amide bonds. The van der Waals surface area contributed by atoms with Gasteiger partial charge in [-0.25, -0.2) is 0 Å². The van der Waals surface area contributed by atoms with Gasteiger partial charge in [-0.15, -0.1) is 0 Å². The molecule has 2 heterocycles. The number of carbonyl (C=O) groups excluding carboxylic acids is 1. The van der Waals surface area contributed by atoms with E-state index in [2.05, 4.69) is 22.0 Å². The molecule has 1 aliphatic heterocycles. The highest BCUT2D eigenvalue weighted by Gasteiger charge is 2.25. The van der Waals surface area contributed by atoms with E-state index >= 15 is 0 Å². The SMILES string of the molecule is CC(=CC(=O)N1CCN(Cc2noc(C)n2)CC1)C1CC1. The zero-order chi connectivity index (χ0) is 14.8. The van der Waals surface area contributed by atoms with Gasteiger partial charge in [0, 0.05) is 39.2 Å². The minimum Gasteiger partial charge on any atom is -0.340 e. The lowest BCUT2D eigenvalue weighted by Gasteiger charge is -2.33. The Morgan fingerprint density at radius 1 is 1.33 bits per heavy atom. The highest BCUT2D eigenvalue weighted by molar-refractivity contribution is 5.88. The van der Waals surface area contributed by atoms with Gasteiger partial charge in [0.15, 0.2) is 5.82 Å². The van der Waals surface area contributed by atoms with E-state index in [0.717, 1.165) is 32.0 Å². The minimum absolute atomic E-state index is 0.162. The fourth-order valence-electron chi connectivity index (χ4n) is 2.67. The van der Waals surface area contributed by atoms with Crippen LogP contribution in [0.15, 0.2) is 16.2 Å². The van der Waals surface area contributed by atoms with Gasteiger partial charge >= 0.3 is 0 Å². The van der Waals surface area contributed by atoms with E-state index < -0.39 is 0 Å². The van der Waals surface area contributed by atoms with Crippen molar-refractivity contribution in [3.05, 3.63) is 23.4 Å². The summed E-state index contributed by atoms with van der Waals surface area (Å²) in [6.07, 6.45) is 4.32. The molecule has 0 radical (unpaired) electrons. The molecule has 3 rings (SSSR count). The molecule has 2 aliphatic rings. The van der Waals surface area contributed by atoms with Gasteiger partial charge in [0.2, 0.25) is 11.8 Å². The molecule has 0 spiro atoms. The van der Waals surface area contributed by atoms with Crippen LogP contribution in [-0.4, -0.2) is 52.0 Å². The van der Waals surface area contributed by atoms with Crippen LogP contribution in [0.5, 0.6) is 0 Å². The largest absolute Gasteiger partial charge is 0.340 e. The van der Waals surface area contributed by atoms with Crippen molar-refractivity contribution in [2.24, 2.45) is 5.92 Å². The van der Waals surface area contributed by atoms with Crippen molar-refractivity contribution in [2.45, 2.75) is 33.2 Å². The summed E-state index contributed by atoms with van der Waals surface area (Å²) in [7, 11) is 0. The van der Waals surface area contributed by atoms with E-state index in [1.54, 1.807) is 6.92 Å². The summed E-state index contributed by atoms with van der Waals surface area (Å²) in [5.74, 6) is 2.14. The van der Waals surface area contributed by atoms with Crippen LogP contribution < -0.4 is 0 Å². The van der Waals surface area contributed by atoms with Gasteiger partial charge in [-0.3, -0.25) is 9.69 Å². The summed E-state index contributed by atoms with van der Waals surface area (Å²) >= 11 is 0. The normalized spacial score (nSPS) is 20.9. The van der Waals surface area contributed by atoms with Gasteiger partial charge in [-0.2, -0.15) is 4.98 Å². The molecule has 0 atom stereocenters. The Morgan fingerprint density at radius 2 is 2.05 bits per heavy atom. The Balaban J connectivity index is 1.48. The fraction of sp³-hybridized carbons (Fsp3) is 0.667. The zero-order valence-corrected chi connectivity index (χ0v) is 12.7. The second-order valence-electron chi connectivity index (χ2n) is 5.99. The van der Waals surface area contributed by atoms with Crippen molar-refractivity contribution in [3.8, 4) is 0 Å². The number of hydrogen-bond acceptors (Lipinski definition) is 5. The first-order valence-electron chi connectivity index (χ1n) is 7.60. The van der Waals surface area contributed by atoms with Crippen molar-refractivity contribution in [1.29, 1.82) is 0 Å². The van der Waals surface area contributed by atoms with Crippen LogP contribution in [0.2, 0.25) is 0 Å². The molecule has 2 fully saturated rings. The third-order valence-electron chi connectivity index (χ3n) is 4.19. The molecular formula is C15H22N4O2. The first-order chi connectivity index (χ1) is 10.1. The molecule has 6 nitrogen and oxygen atoms in total. The average molecular weight is 290 g/mol. The minimum atomic E-state index is 0.162. The number of piperazine rings is 1. The maximum absolute atomic E-state index is 12.2. The molecule has 1 aliphatic carbocycles. The summed E-state index contributed by atoms with van der Waals surface area (Å²) in [5, 5.41) is 3.91. The van der Waals surface area contributed by atoms with E-state index in [9.17, 15) is 4.79 Å². The van der Waals surface area contributed by atoms with Gasteiger partial charge in [0.05, 0.1) is 6.54 Å². The monoisotopic (exact) mass is 290 g/mol. The molecule has 1 saturated carbocycles. The van der Waals surface area contributed by atoms with E-state index in [0.29, 0.717) is 18.4 Å². The van der Waals surface area contributed by atoms with Crippen molar-refractivity contribution in [2.75, 3.05) is 26.2 Å². The van der Waals surface area contributed by atoms with E-state index in [1.807, 2.05) is 11.0 Å². The Bertz CT molecular complexity index is 540. The van der Waals surface area contributed by atoms with Gasteiger partial charge < -0.3 is 9.42 Å². The smallest absolute Gasteiger partial charge is 0.246 e. The number of aryl methyl sites for hydroxylation is 1. The van der Waals surface area contributed by atoms with Crippen molar-refractivity contribution in [1.82, 2.24) is 19.9 Å². The molecule has 21 heavy (non-hydrogen) atoms. The molecule has 6 heteroatoms. The predicted octanol–water partition coefficient (Wildman–Crippen LogP) is 1.38. The van der Waals surface area contributed by atoms with Crippen LogP contribution in [0.1, 0.15) is 31.5 Å². The maximum Gasteiger partial charge on any atom is 0.246 e. The molecule has 0 bridgehead atoms. The van der Waals surface area contributed by atoms with Crippen molar-refractivity contribution in [3.63, 3.8) is 0 Å². The van der Waals surface area contributed by atoms with Crippen LogP contribution in [0.4, 0.5) is 0 Å². The molecular weight excluding hydrogens is 268 g/mol. The first-order valence-corrected chi connectivity index (χ1v) is 7.60. The van der Waals surface area contributed by atoms with Gasteiger partial charge in [-0.05, 0) is 25.7 Å². The maximum atomic E-state index is 12.2. The van der Waals surface area contributed by atoms with Crippen LogP contribution in [0.25, 0.3) is 0 Å². The molecule has 1 aromatic heterocycles. The van der Waals surface area contributed by atoms with Crippen LogP contribution in [0, 0.1) is 12.8 Å². The lowest BCUT2D eigenvalue weighted by Crippen LogP contribution is -2.48. The van der Waals surface area contributed by atoms with Crippen molar-refractivity contribution < 1.29 is 9.32 Å². The third kappa shape index (κ3) is 3.69. The summed E-state index contributed by atoms with van der Waals surface area (Å²) in [4.78, 5) is 20.6. The Labute approximate surface area is 124 Å².